The number of piperidine rings is 2. The fourth-order valence-corrected chi connectivity index (χ4v) is 8.19. The van der Waals surface area contributed by atoms with Gasteiger partial charge < -0.3 is 14.7 Å². The van der Waals surface area contributed by atoms with E-state index in [1.165, 1.54) is 36.3 Å². The smallest absolute Gasteiger partial charge is 0.370 e. The summed E-state index contributed by atoms with van der Waals surface area (Å²) in [5.41, 5.74) is -0.827. The molecule has 0 N–H and O–H groups in total. The minimum Gasteiger partial charge on any atom is -0.370 e. The van der Waals surface area contributed by atoms with Gasteiger partial charge in [-0.05, 0) is 83.0 Å². The number of nitrogens with zero attached hydrogens (tertiary/aromatic N) is 4. The molecule has 4 saturated heterocycles. The molecule has 0 aromatic heterocycles. The second kappa shape index (κ2) is 10.8. The van der Waals surface area contributed by atoms with Gasteiger partial charge in [0.25, 0.3) is 0 Å². The standard InChI is InChI=1S/C31H43F3N4O2/c1-22-6-4-5-15-37(22)25-11-16-36(21-25)24-9-10-27(26(20-24)31(32,33)34)38-19-14-30(29(38)40)12-17-35(18-13-30)28(39)23-7-2-3-8-23/h9-10,20,22-23,25H,2-8,11-19,21H2,1H3/t22-,25?/m0/s1. The molecular weight excluding hydrogens is 517 g/mol. The minimum absolute atomic E-state index is 0.0250. The van der Waals surface area contributed by atoms with E-state index in [4.69, 9.17) is 0 Å². The molecule has 220 valence electrons. The number of alkyl halides is 3. The maximum absolute atomic E-state index is 14.4. The fourth-order valence-electron chi connectivity index (χ4n) is 8.19. The summed E-state index contributed by atoms with van der Waals surface area (Å²) in [5.74, 6) is 0.0920. The molecule has 1 aromatic carbocycles. The normalized spacial score (nSPS) is 28.3. The molecule has 2 atom stereocenters. The van der Waals surface area contributed by atoms with Gasteiger partial charge in [-0.25, -0.2) is 0 Å². The maximum atomic E-state index is 14.4. The van der Waals surface area contributed by atoms with E-state index in [1.807, 2.05) is 4.90 Å². The highest BCUT2D eigenvalue weighted by Gasteiger charge is 2.51. The van der Waals surface area contributed by atoms with E-state index >= 15 is 0 Å². The first-order valence-electron chi connectivity index (χ1n) is 15.5. The Bertz CT molecular complexity index is 1110. The SMILES string of the molecule is C[C@H]1CCCCN1C1CCN(c2ccc(N3CCC4(CCN(C(=O)C5CCCC5)CC4)C3=O)c(C(F)(F)F)c2)C1. The van der Waals surface area contributed by atoms with Crippen molar-refractivity contribution in [1.29, 1.82) is 0 Å². The largest absolute Gasteiger partial charge is 0.418 e. The molecule has 5 aliphatic rings. The Kier molecular flexibility index (Phi) is 7.55. The van der Waals surface area contributed by atoms with Crippen molar-refractivity contribution < 1.29 is 22.8 Å². The van der Waals surface area contributed by atoms with Crippen LogP contribution in [-0.4, -0.2) is 73.0 Å². The molecular formula is C31H43F3N4O2. The summed E-state index contributed by atoms with van der Waals surface area (Å²) < 4.78 is 43.3. The molecule has 0 radical (unpaired) electrons. The summed E-state index contributed by atoms with van der Waals surface area (Å²) in [5, 5.41) is 0. The Balaban J connectivity index is 1.16. The molecule has 1 unspecified atom stereocenters. The lowest BCUT2D eigenvalue weighted by Gasteiger charge is -2.39. The summed E-state index contributed by atoms with van der Waals surface area (Å²) in [7, 11) is 0. The average Bonchev–Trinajstić information content (AvgIpc) is 3.71. The Morgan fingerprint density at radius 1 is 0.900 bits per heavy atom. The van der Waals surface area contributed by atoms with Crippen LogP contribution in [0.15, 0.2) is 18.2 Å². The lowest BCUT2D eigenvalue weighted by atomic mass is 9.77. The summed E-state index contributed by atoms with van der Waals surface area (Å²) in [6, 6.07) is 5.44. The number of hydrogen-bond acceptors (Lipinski definition) is 4. The third-order valence-electron chi connectivity index (χ3n) is 10.7. The summed E-state index contributed by atoms with van der Waals surface area (Å²) in [4.78, 5) is 34.5. The van der Waals surface area contributed by atoms with Gasteiger partial charge in [0.2, 0.25) is 11.8 Å². The minimum atomic E-state index is -4.56. The van der Waals surface area contributed by atoms with Crippen molar-refractivity contribution in [3.05, 3.63) is 23.8 Å². The van der Waals surface area contributed by atoms with Gasteiger partial charge >= 0.3 is 6.18 Å². The van der Waals surface area contributed by atoms with Crippen molar-refractivity contribution >= 4 is 23.2 Å². The van der Waals surface area contributed by atoms with E-state index in [-0.39, 0.29) is 30.0 Å². The van der Waals surface area contributed by atoms with Crippen molar-refractivity contribution in [2.24, 2.45) is 11.3 Å². The van der Waals surface area contributed by atoms with Gasteiger partial charge in [-0.2, -0.15) is 13.2 Å². The molecule has 4 aliphatic heterocycles. The van der Waals surface area contributed by atoms with E-state index in [2.05, 4.69) is 16.7 Å². The Morgan fingerprint density at radius 2 is 1.60 bits per heavy atom. The molecule has 9 heteroatoms. The molecule has 6 nitrogen and oxygen atoms in total. The molecule has 1 aromatic rings. The molecule has 40 heavy (non-hydrogen) atoms. The fraction of sp³-hybridized carbons (Fsp3) is 0.742. The number of anilines is 2. The van der Waals surface area contributed by atoms with Crippen molar-refractivity contribution in [3.63, 3.8) is 0 Å². The number of likely N-dealkylation sites (tertiary alicyclic amines) is 2. The van der Waals surface area contributed by atoms with Gasteiger partial charge in [-0.15, -0.1) is 0 Å². The van der Waals surface area contributed by atoms with Gasteiger partial charge in [0.15, 0.2) is 0 Å². The van der Waals surface area contributed by atoms with Gasteiger partial charge in [0.1, 0.15) is 0 Å². The van der Waals surface area contributed by atoms with Crippen molar-refractivity contribution in [3.8, 4) is 0 Å². The van der Waals surface area contributed by atoms with Gasteiger partial charge in [-0.3, -0.25) is 14.5 Å². The highest BCUT2D eigenvalue weighted by atomic mass is 19.4. The summed E-state index contributed by atoms with van der Waals surface area (Å²) in [6.45, 7) is 6.14. The first-order chi connectivity index (χ1) is 19.2. The number of benzene rings is 1. The topological polar surface area (TPSA) is 47.1 Å². The molecule has 6 rings (SSSR count). The molecule has 1 spiro atoms. The van der Waals surface area contributed by atoms with Crippen LogP contribution in [0, 0.1) is 11.3 Å². The highest BCUT2D eigenvalue weighted by Crippen LogP contribution is 2.47. The van der Waals surface area contributed by atoms with Gasteiger partial charge in [0, 0.05) is 56.4 Å². The number of rotatable bonds is 4. The van der Waals surface area contributed by atoms with Crippen molar-refractivity contribution in [1.82, 2.24) is 9.80 Å². The highest BCUT2D eigenvalue weighted by molar-refractivity contribution is 6.01. The van der Waals surface area contributed by atoms with Crippen LogP contribution in [0.5, 0.6) is 0 Å². The molecule has 2 amide bonds. The van der Waals surface area contributed by atoms with Gasteiger partial charge in [-0.1, -0.05) is 19.3 Å². The van der Waals surface area contributed by atoms with Crippen molar-refractivity contribution in [2.75, 3.05) is 49.1 Å². The first kappa shape index (κ1) is 27.9. The molecule has 0 bridgehead atoms. The number of halogens is 3. The third-order valence-corrected chi connectivity index (χ3v) is 10.7. The number of carbonyl (C=O) groups excluding carboxylic acids is 2. The second-order valence-electron chi connectivity index (χ2n) is 13.0. The molecule has 4 heterocycles. The molecule has 1 aliphatic carbocycles. The average molecular weight is 561 g/mol. The Hall–Kier alpha value is -2.29. The zero-order valence-electron chi connectivity index (χ0n) is 23.7. The van der Waals surface area contributed by atoms with E-state index in [9.17, 15) is 22.8 Å². The van der Waals surface area contributed by atoms with E-state index in [0.29, 0.717) is 50.1 Å². The van der Waals surface area contributed by atoms with Crippen LogP contribution < -0.4 is 9.80 Å². The second-order valence-corrected chi connectivity index (χ2v) is 13.0. The zero-order valence-corrected chi connectivity index (χ0v) is 23.7. The molecule has 5 fully saturated rings. The lowest BCUT2D eigenvalue weighted by molar-refractivity contribution is -0.141. The Morgan fingerprint density at radius 3 is 2.30 bits per heavy atom. The van der Waals surface area contributed by atoms with Gasteiger partial charge in [0.05, 0.1) is 16.7 Å². The molecule has 1 saturated carbocycles. The number of carbonyl (C=O) groups is 2. The van der Waals surface area contributed by atoms with Crippen LogP contribution >= 0.6 is 0 Å². The maximum Gasteiger partial charge on any atom is 0.418 e. The number of hydrogen-bond donors (Lipinski definition) is 0. The summed E-state index contributed by atoms with van der Waals surface area (Å²) >= 11 is 0. The van der Waals surface area contributed by atoms with Crippen molar-refractivity contribution in [2.45, 2.75) is 95.8 Å². The van der Waals surface area contributed by atoms with Crippen LogP contribution in [-0.2, 0) is 15.8 Å². The predicted octanol–water partition coefficient (Wildman–Crippen LogP) is 5.69. The van der Waals surface area contributed by atoms with Crippen LogP contribution in [0.1, 0.15) is 83.1 Å². The van der Waals surface area contributed by atoms with Crippen LogP contribution in [0.3, 0.4) is 0 Å². The lowest BCUT2D eigenvalue weighted by Crippen LogP contribution is -2.48. The zero-order chi connectivity index (χ0) is 28.1. The van der Waals surface area contributed by atoms with Crippen LogP contribution in [0.2, 0.25) is 0 Å². The van der Waals surface area contributed by atoms with Crippen LogP contribution in [0.4, 0.5) is 24.5 Å². The third kappa shape index (κ3) is 5.12. The predicted molar refractivity (Wildman–Crippen MR) is 149 cm³/mol. The quantitative estimate of drug-likeness (QED) is 0.475. The first-order valence-corrected chi connectivity index (χ1v) is 15.5. The van der Waals surface area contributed by atoms with E-state index in [0.717, 1.165) is 51.7 Å². The summed E-state index contributed by atoms with van der Waals surface area (Å²) in [6.07, 6.45) is 5.70. The van der Waals surface area contributed by atoms with E-state index in [1.54, 1.807) is 6.07 Å². The number of amides is 2. The Labute approximate surface area is 235 Å². The van der Waals surface area contributed by atoms with Crippen LogP contribution in [0.25, 0.3) is 0 Å². The monoisotopic (exact) mass is 560 g/mol. The van der Waals surface area contributed by atoms with E-state index < -0.39 is 17.2 Å².